The SMILES string of the molecule is COC(=O)[C@H](CC(C)C)NC(=O)COC(=O)c1ccc(Cl)c(Cl)c1. The predicted octanol–water partition coefficient (Wildman–Crippen LogP) is 2.85. The van der Waals surface area contributed by atoms with E-state index in [1.165, 1.54) is 25.3 Å². The van der Waals surface area contributed by atoms with Gasteiger partial charge in [0.2, 0.25) is 0 Å². The predicted molar refractivity (Wildman–Crippen MR) is 90.1 cm³/mol. The number of nitrogens with one attached hydrogen (secondary N) is 1. The molecule has 0 aromatic heterocycles. The van der Waals surface area contributed by atoms with Crippen LogP contribution in [0.15, 0.2) is 18.2 Å². The Morgan fingerprint density at radius 3 is 2.38 bits per heavy atom. The summed E-state index contributed by atoms with van der Waals surface area (Å²) >= 11 is 11.6. The Hall–Kier alpha value is -1.79. The minimum absolute atomic E-state index is 0.170. The van der Waals surface area contributed by atoms with Gasteiger partial charge in [0, 0.05) is 0 Å². The Kier molecular flexibility index (Phi) is 8.01. The molecule has 1 N–H and O–H groups in total. The van der Waals surface area contributed by atoms with Gasteiger partial charge in [-0.05, 0) is 30.5 Å². The second kappa shape index (κ2) is 9.49. The highest BCUT2D eigenvalue weighted by atomic mass is 35.5. The summed E-state index contributed by atoms with van der Waals surface area (Å²) in [7, 11) is 1.24. The van der Waals surface area contributed by atoms with E-state index < -0.39 is 30.5 Å². The number of halogens is 2. The minimum atomic E-state index is -0.786. The number of hydrogen-bond acceptors (Lipinski definition) is 5. The van der Waals surface area contributed by atoms with Crippen LogP contribution >= 0.6 is 23.2 Å². The molecule has 8 heteroatoms. The van der Waals surface area contributed by atoms with Crippen LogP contribution in [0.1, 0.15) is 30.6 Å². The summed E-state index contributed by atoms with van der Waals surface area (Å²) in [5, 5.41) is 3.00. The highest BCUT2D eigenvalue weighted by Crippen LogP contribution is 2.22. The average molecular weight is 376 g/mol. The Bertz CT molecular complexity index is 618. The molecule has 0 saturated carbocycles. The molecule has 0 bridgehead atoms. The highest BCUT2D eigenvalue weighted by molar-refractivity contribution is 6.42. The van der Waals surface area contributed by atoms with Crippen molar-refractivity contribution in [2.75, 3.05) is 13.7 Å². The molecular weight excluding hydrogens is 357 g/mol. The van der Waals surface area contributed by atoms with Gasteiger partial charge in [0.15, 0.2) is 6.61 Å². The van der Waals surface area contributed by atoms with E-state index in [9.17, 15) is 14.4 Å². The second-order valence-corrected chi connectivity index (χ2v) is 6.29. The third-order valence-corrected chi connectivity index (χ3v) is 3.76. The highest BCUT2D eigenvalue weighted by Gasteiger charge is 2.23. The molecule has 0 aliphatic rings. The van der Waals surface area contributed by atoms with E-state index in [2.05, 4.69) is 10.1 Å². The minimum Gasteiger partial charge on any atom is -0.467 e. The maximum absolute atomic E-state index is 11.9. The standard InChI is InChI=1S/C16H19Cl2NO5/c1-9(2)6-13(16(22)23-3)19-14(20)8-24-15(21)10-4-5-11(17)12(18)7-10/h4-5,7,9,13H,6,8H2,1-3H3,(H,19,20)/t13-/m0/s1. The number of benzene rings is 1. The molecule has 0 aliphatic heterocycles. The molecule has 132 valence electrons. The second-order valence-electron chi connectivity index (χ2n) is 5.48. The first kappa shape index (κ1) is 20.3. The van der Waals surface area contributed by atoms with Gasteiger partial charge in [0.25, 0.3) is 5.91 Å². The summed E-state index contributed by atoms with van der Waals surface area (Å²) in [5.74, 6) is -1.69. The molecule has 0 spiro atoms. The number of carbonyl (C=O) groups excluding carboxylic acids is 3. The summed E-state index contributed by atoms with van der Waals surface area (Å²) in [4.78, 5) is 35.4. The number of methoxy groups -OCH3 is 1. The van der Waals surface area contributed by atoms with Crippen molar-refractivity contribution in [2.45, 2.75) is 26.3 Å². The molecule has 24 heavy (non-hydrogen) atoms. The third kappa shape index (κ3) is 6.37. The molecule has 0 fully saturated rings. The van der Waals surface area contributed by atoms with Crippen molar-refractivity contribution < 1.29 is 23.9 Å². The maximum atomic E-state index is 11.9. The van der Waals surface area contributed by atoms with Crippen molar-refractivity contribution in [1.82, 2.24) is 5.32 Å². The van der Waals surface area contributed by atoms with Crippen molar-refractivity contribution in [3.63, 3.8) is 0 Å². The number of ether oxygens (including phenoxy) is 2. The monoisotopic (exact) mass is 375 g/mol. The van der Waals surface area contributed by atoms with Crippen LogP contribution in [0.25, 0.3) is 0 Å². The Labute approximate surface area is 150 Å². The summed E-state index contributed by atoms with van der Waals surface area (Å²) < 4.78 is 9.54. The van der Waals surface area contributed by atoms with Crippen molar-refractivity contribution in [3.05, 3.63) is 33.8 Å². The van der Waals surface area contributed by atoms with Crippen molar-refractivity contribution >= 4 is 41.0 Å². The van der Waals surface area contributed by atoms with Gasteiger partial charge in [-0.1, -0.05) is 37.0 Å². The van der Waals surface area contributed by atoms with Crippen LogP contribution in [0.3, 0.4) is 0 Å². The van der Waals surface area contributed by atoms with Gasteiger partial charge in [-0.25, -0.2) is 9.59 Å². The van der Waals surface area contributed by atoms with Crippen LogP contribution in [-0.4, -0.2) is 37.6 Å². The van der Waals surface area contributed by atoms with E-state index in [1.807, 2.05) is 13.8 Å². The zero-order valence-electron chi connectivity index (χ0n) is 13.6. The van der Waals surface area contributed by atoms with Crippen LogP contribution in [0.2, 0.25) is 10.0 Å². The summed E-state index contributed by atoms with van der Waals surface area (Å²) in [5.41, 5.74) is 0.170. The number of carbonyl (C=O) groups is 3. The Morgan fingerprint density at radius 2 is 1.83 bits per heavy atom. The van der Waals surface area contributed by atoms with Gasteiger partial charge in [-0.3, -0.25) is 4.79 Å². The van der Waals surface area contributed by atoms with E-state index >= 15 is 0 Å². The van der Waals surface area contributed by atoms with Crippen molar-refractivity contribution in [2.24, 2.45) is 5.92 Å². The molecule has 0 radical (unpaired) electrons. The number of rotatable bonds is 7. The average Bonchev–Trinajstić information content (AvgIpc) is 2.53. The molecule has 0 aliphatic carbocycles. The van der Waals surface area contributed by atoms with Crippen LogP contribution in [0.4, 0.5) is 0 Å². The van der Waals surface area contributed by atoms with E-state index in [0.717, 1.165) is 0 Å². The van der Waals surface area contributed by atoms with E-state index in [4.69, 9.17) is 27.9 Å². The van der Waals surface area contributed by atoms with Crippen molar-refractivity contribution in [1.29, 1.82) is 0 Å². The third-order valence-electron chi connectivity index (χ3n) is 3.02. The van der Waals surface area contributed by atoms with Gasteiger partial charge in [-0.2, -0.15) is 0 Å². The number of esters is 2. The fourth-order valence-electron chi connectivity index (χ4n) is 1.90. The van der Waals surface area contributed by atoms with Crippen LogP contribution < -0.4 is 5.32 Å². The molecule has 1 rings (SSSR count). The normalized spacial score (nSPS) is 11.8. The molecule has 0 unspecified atom stereocenters. The number of hydrogen-bond donors (Lipinski definition) is 1. The lowest BCUT2D eigenvalue weighted by atomic mass is 10.0. The summed E-state index contributed by atoms with van der Waals surface area (Å²) in [6.07, 6.45) is 0.416. The first-order valence-electron chi connectivity index (χ1n) is 7.24. The molecule has 0 saturated heterocycles. The van der Waals surface area contributed by atoms with Gasteiger partial charge in [-0.15, -0.1) is 0 Å². The lowest BCUT2D eigenvalue weighted by Crippen LogP contribution is -2.44. The molecule has 1 amide bonds. The number of amides is 1. The summed E-state index contributed by atoms with van der Waals surface area (Å²) in [6.45, 7) is 3.30. The molecule has 1 atom stereocenters. The molecular formula is C16H19Cl2NO5. The molecule has 1 aromatic rings. The topological polar surface area (TPSA) is 81.7 Å². The first-order chi connectivity index (χ1) is 11.2. The zero-order chi connectivity index (χ0) is 18.3. The van der Waals surface area contributed by atoms with Crippen molar-refractivity contribution in [3.8, 4) is 0 Å². The van der Waals surface area contributed by atoms with Crippen LogP contribution in [0, 0.1) is 5.92 Å². The van der Waals surface area contributed by atoms with Crippen LogP contribution in [-0.2, 0) is 19.1 Å². The van der Waals surface area contributed by atoms with Gasteiger partial charge in [0.05, 0.1) is 22.7 Å². The van der Waals surface area contributed by atoms with Crippen LogP contribution in [0.5, 0.6) is 0 Å². The van der Waals surface area contributed by atoms with Gasteiger partial charge >= 0.3 is 11.9 Å². The van der Waals surface area contributed by atoms with E-state index in [0.29, 0.717) is 11.4 Å². The molecule has 0 heterocycles. The Balaban J connectivity index is 2.58. The zero-order valence-corrected chi connectivity index (χ0v) is 15.1. The van der Waals surface area contributed by atoms with Gasteiger partial charge < -0.3 is 14.8 Å². The van der Waals surface area contributed by atoms with Gasteiger partial charge in [0.1, 0.15) is 6.04 Å². The lowest BCUT2D eigenvalue weighted by Gasteiger charge is -2.18. The lowest BCUT2D eigenvalue weighted by molar-refractivity contribution is -0.145. The fraction of sp³-hybridized carbons (Fsp3) is 0.438. The molecule has 6 nitrogen and oxygen atoms in total. The summed E-state index contributed by atoms with van der Waals surface area (Å²) in [6, 6.07) is 3.45. The maximum Gasteiger partial charge on any atom is 0.338 e. The molecule has 1 aromatic carbocycles. The van der Waals surface area contributed by atoms with E-state index in [-0.39, 0.29) is 16.5 Å². The van der Waals surface area contributed by atoms with E-state index in [1.54, 1.807) is 0 Å². The Morgan fingerprint density at radius 1 is 1.17 bits per heavy atom. The fourth-order valence-corrected chi connectivity index (χ4v) is 2.20. The largest absolute Gasteiger partial charge is 0.467 e. The first-order valence-corrected chi connectivity index (χ1v) is 7.99. The quantitative estimate of drug-likeness (QED) is 0.740. The smallest absolute Gasteiger partial charge is 0.338 e.